The van der Waals surface area contributed by atoms with Gasteiger partial charge in [0.25, 0.3) is 0 Å². The maximum atomic E-state index is 6.18. The SMILES string of the molecule is Nc1nc2ccc(Cl)cc2n1-c1cccc2c1CCCC2. The minimum absolute atomic E-state index is 0.520. The number of nitrogens with zero attached hydrogens (tertiary/aromatic N) is 2. The van der Waals surface area contributed by atoms with E-state index in [2.05, 4.69) is 23.2 Å². The van der Waals surface area contributed by atoms with Gasteiger partial charge in [-0.05, 0) is 61.1 Å². The minimum Gasteiger partial charge on any atom is -0.369 e. The molecular formula is C17H16ClN3. The monoisotopic (exact) mass is 297 g/mol. The summed E-state index contributed by atoms with van der Waals surface area (Å²) < 4.78 is 2.03. The highest BCUT2D eigenvalue weighted by Crippen LogP contribution is 2.32. The fourth-order valence-electron chi connectivity index (χ4n) is 3.29. The molecule has 2 N–H and O–H groups in total. The summed E-state index contributed by atoms with van der Waals surface area (Å²) in [6.07, 6.45) is 4.75. The van der Waals surface area contributed by atoms with Crippen LogP contribution in [0.5, 0.6) is 0 Å². The van der Waals surface area contributed by atoms with Crippen molar-refractivity contribution in [3.8, 4) is 5.69 Å². The molecule has 1 heterocycles. The lowest BCUT2D eigenvalue weighted by Gasteiger charge is -2.20. The minimum atomic E-state index is 0.520. The fourth-order valence-corrected chi connectivity index (χ4v) is 3.46. The van der Waals surface area contributed by atoms with Crippen LogP contribution in [0.2, 0.25) is 5.02 Å². The van der Waals surface area contributed by atoms with E-state index in [1.807, 2.05) is 22.8 Å². The summed E-state index contributed by atoms with van der Waals surface area (Å²) >= 11 is 6.15. The molecule has 0 fully saturated rings. The largest absolute Gasteiger partial charge is 0.369 e. The molecule has 0 bridgehead atoms. The Kier molecular flexibility index (Phi) is 2.89. The molecule has 0 saturated heterocycles. The number of fused-ring (bicyclic) bond motifs is 2. The van der Waals surface area contributed by atoms with Crippen LogP contribution < -0.4 is 5.73 Å². The molecule has 4 heteroatoms. The average Bonchev–Trinajstić information content (AvgIpc) is 2.82. The van der Waals surface area contributed by atoms with Crippen LogP contribution in [0.1, 0.15) is 24.0 Å². The first kappa shape index (κ1) is 12.7. The second kappa shape index (κ2) is 4.78. The van der Waals surface area contributed by atoms with Crippen molar-refractivity contribution in [2.75, 3.05) is 5.73 Å². The number of aromatic nitrogens is 2. The number of halogens is 1. The Morgan fingerprint density at radius 1 is 1.10 bits per heavy atom. The van der Waals surface area contributed by atoms with E-state index >= 15 is 0 Å². The first-order valence-electron chi connectivity index (χ1n) is 7.28. The molecule has 4 rings (SSSR count). The van der Waals surface area contributed by atoms with Gasteiger partial charge in [-0.2, -0.15) is 0 Å². The van der Waals surface area contributed by atoms with Gasteiger partial charge >= 0.3 is 0 Å². The zero-order valence-electron chi connectivity index (χ0n) is 11.6. The predicted molar refractivity (Wildman–Crippen MR) is 87.1 cm³/mol. The first-order valence-corrected chi connectivity index (χ1v) is 7.66. The Hall–Kier alpha value is -2.00. The Morgan fingerprint density at radius 3 is 2.86 bits per heavy atom. The van der Waals surface area contributed by atoms with Crippen LogP contribution in [0.3, 0.4) is 0 Å². The molecule has 1 aliphatic rings. The molecule has 0 unspecified atom stereocenters. The number of rotatable bonds is 1. The van der Waals surface area contributed by atoms with Crippen LogP contribution in [0.15, 0.2) is 36.4 Å². The predicted octanol–water partition coefficient (Wildman–Crippen LogP) is 4.14. The van der Waals surface area contributed by atoms with Gasteiger partial charge in [0.2, 0.25) is 5.95 Å². The Morgan fingerprint density at radius 2 is 1.95 bits per heavy atom. The summed E-state index contributed by atoms with van der Waals surface area (Å²) in [6, 6.07) is 12.2. The standard InChI is InChI=1S/C17H16ClN3/c18-12-8-9-14-16(10-12)21(17(19)20-14)15-7-3-5-11-4-1-2-6-13(11)15/h3,5,7-10H,1-2,4,6H2,(H2,19,20). The maximum Gasteiger partial charge on any atom is 0.205 e. The number of aryl methyl sites for hydroxylation is 1. The van der Waals surface area contributed by atoms with Crippen molar-refractivity contribution >= 4 is 28.6 Å². The Bertz CT molecular complexity index is 835. The van der Waals surface area contributed by atoms with E-state index in [-0.39, 0.29) is 0 Å². The Labute approximate surface area is 128 Å². The summed E-state index contributed by atoms with van der Waals surface area (Å²) in [5.74, 6) is 0.520. The van der Waals surface area contributed by atoms with Gasteiger partial charge in [-0.15, -0.1) is 0 Å². The number of hydrogen-bond donors (Lipinski definition) is 1. The zero-order chi connectivity index (χ0) is 14.4. The lowest BCUT2D eigenvalue weighted by Crippen LogP contribution is -2.09. The highest BCUT2D eigenvalue weighted by molar-refractivity contribution is 6.31. The van der Waals surface area contributed by atoms with Gasteiger partial charge in [0, 0.05) is 5.02 Å². The normalized spacial score (nSPS) is 14.3. The molecule has 0 atom stereocenters. The molecule has 0 amide bonds. The van der Waals surface area contributed by atoms with Crippen LogP contribution in [-0.4, -0.2) is 9.55 Å². The Balaban J connectivity index is 2.03. The van der Waals surface area contributed by atoms with Crippen molar-refractivity contribution in [2.24, 2.45) is 0 Å². The number of nitrogen functional groups attached to an aromatic ring is 1. The highest BCUT2D eigenvalue weighted by Gasteiger charge is 2.17. The summed E-state index contributed by atoms with van der Waals surface area (Å²) in [4.78, 5) is 4.46. The lowest BCUT2D eigenvalue weighted by molar-refractivity contribution is 0.682. The van der Waals surface area contributed by atoms with Crippen molar-refractivity contribution in [2.45, 2.75) is 25.7 Å². The van der Waals surface area contributed by atoms with E-state index in [9.17, 15) is 0 Å². The number of hydrogen-bond acceptors (Lipinski definition) is 2. The van der Waals surface area contributed by atoms with E-state index < -0.39 is 0 Å². The van der Waals surface area contributed by atoms with Crippen molar-refractivity contribution in [1.29, 1.82) is 0 Å². The van der Waals surface area contributed by atoms with Gasteiger partial charge in [0.05, 0.1) is 16.7 Å². The molecular weight excluding hydrogens is 282 g/mol. The van der Waals surface area contributed by atoms with Gasteiger partial charge in [-0.25, -0.2) is 4.98 Å². The average molecular weight is 298 g/mol. The molecule has 1 aliphatic carbocycles. The van der Waals surface area contributed by atoms with Crippen molar-refractivity contribution in [3.63, 3.8) is 0 Å². The van der Waals surface area contributed by atoms with Crippen LogP contribution in [0, 0.1) is 0 Å². The molecule has 0 saturated carbocycles. The van der Waals surface area contributed by atoms with E-state index in [1.165, 1.54) is 24.0 Å². The van der Waals surface area contributed by atoms with Crippen LogP contribution in [0.25, 0.3) is 16.7 Å². The van der Waals surface area contributed by atoms with E-state index in [0.29, 0.717) is 11.0 Å². The highest BCUT2D eigenvalue weighted by atomic mass is 35.5. The molecule has 0 spiro atoms. The van der Waals surface area contributed by atoms with Gasteiger partial charge in [-0.1, -0.05) is 23.7 Å². The summed E-state index contributed by atoms with van der Waals surface area (Å²) in [6.45, 7) is 0. The topological polar surface area (TPSA) is 43.8 Å². The third-order valence-corrected chi connectivity index (χ3v) is 4.49. The quantitative estimate of drug-likeness (QED) is 0.733. The third kappa shape index (κ3) is 2.00. The summed E-state index contributed by atoms with van der Waals surface area (Å²) in [7, 11) is 0. The number of imidazole rings is 1. The summed E-state index contributed by atoms with van der Waals surface area (Å²) in [5.41, 5.74) is 12.0. The molecule has 3 nitrogen and oxygen atoms in total. The number of anilines is 1. The van der Waals surface area contributed by atoms with Crippen molar-refractivity contribution in [3.05, 3.63) is 52.5 Å². The number of nitrogens with two attached hydrogens (primary N) is 1. The molecule has 3 aromatic rings. The van der Waals surface area contributed by atoms with Crippen LogP contribution >= 0.6 is 11.6 Å². The summed E-state index contributed by atoms with van der Waals surface area (Å²) in [5, 5.41) is 0.702. The van der Waals surface area contributed by atoms with Crippen molar-refractivity contribution in [1.82, 2.24) is 9.55 Å². The lowest BCUT2D eigenvalue weighted by atomic mass is 9.90. The maximum absolute atomic E-state index is 6.18. The molecule has 21 heavy (non-hydrogen) atoms. The molecule has 1 aromatic heterocycles. The molecule has 0 aliphatic heterocycles. The van der Waals surface area contributed by atoms with Crippen LogP contribution in [0.4, 0.5) is 5.95 Å². The van der Waals surface area contributed by atoms with Gasteiger partial charge < -0.3 is 5.73 Å². The third-order valence-electron chi connectivity index (χ3n) is 4.25. The van der Waals surface area contributed by atoms with Gasteiger partial charge in [0.1, 0.15) is 0 Å². The van der Waals surface area contributed by atoms with Crippen molar-refractivity contribution < 1.29 is 0 Å². The molecule has 2 aromatic carbocycles. The van der Waals surface area contributed by atoms with Crippen LogP contribution in [-0.2, 0) is 12.8 Å². The fraction of sp³-hybridized carbons (Fsp3) is 0.235. The smallest absolute Gasteiger partial charge is 0.205 e. The molecule has 0 radical (unpaired) electrons. The second-order valence-electron chi connectivity index (χ2n) is 5.56. The molecule has 106 valence electrons. The van der Waals surface area contributed by atoms with E-state index in [0.717, 1.165) is 29.6 Å². The number of benzene rings is 2. The first-order chi connectivity index (χ1) is 10.2. The zero-order valence-corrected chi connectivity index (χ0v) is 12.4. The van der Waals surface area contributed by atoms with E-state index in [4.69, 9.17) is 17.3 Å². The second-order valence-corrected chi connectivity index (χ2v) is 6.00. The van der Waals surface area contributed by atoms with Gasteiger partial charge in [-0.3, -0.25) is 4.57 Å². The van der Waals surface area contributed by atoms with E-state index in [1.54, 1.807) is 0 Å². The van der Waals surface area contributed by atoms with Gasteiger partial charge in [0.15, 0.2) is 0 Å².